The van der Waals surface area contributed by atoms with Crippen LogP contribution in [0, 0.1) is 13.8 Å². The summed E-state index contributed by atoms with van der Waals surface area (Å²) >= 11 is 1.67. The fraction of sp³-hybridized carbons (Fsp3) is 0.217. The van der Waals surface area contributed by atoms with Crippen LogP contribution in [0.25, 0.3) is 21.3 Å². The maximum absolute atomic E-state index is 12.2. The summed E-state index contributed by atoms with van der Waals surface area (Å²) in [5.41, 5.74) is 3.39. The second kappa shape index (κ2) is 9.00. The Morgan fingerprint density at radius 1 is 1.07 bits per heavy atom. The molecule has 30 heavy (non-hydrogen) atoms. The summed E-state index contributed by atoms with van der Waals surface area (Å²) in [6.45, 7) is 4.73. The van der Waals surface area contributed by atoms with Gasteiger partial charge in [0.05, 0.1) is 5.39 Å². The van der Waals surface area contributed by atoms with Gasteiger partial charge in [0.1, 0.15) is 22.8 Å². The molecule has 0 aliphatic heterocycles. The number of carbonyl (C=O) groups is 1. The number of aromatic nitrogens is 3. The number of hydrogen-bond donors (Lipinski definition) is 2. The maximum Gasteiger partial charge on any atom is 0.225 e. The number of pyridine rings is 1. The van der Waals surface area contributed by atoms with E-state index in [2.05, 4.69) is 44.6 Å². The Morgan fingerprint density at radius 2 is 1.90 bits per heavy atom. The summed E-state index contributed by atoms with van der Waals surface area (Å²) in [5, 5.41) is 7.28. The summed E-state index contributed by atoms with van der Waals surface area (Å²) in [4.78, 5) is 27.5. The van der Waals surface area contributed by atoms with Crippen molar-refractivity contribution in [2.75, 3.05) is 17.2 Å². The number of carbonyl (C=O) groups excluding carboxylic acids is 1. The fourth-order valence-electron chi connectivity index (χ4n) is 3.40. The number of rotatable bonds is 7. The van der Waals surface area contributed by atoms with Gasteiger partial charge in [-0.25, -0.2) is 15.0 Å². The lowest BCUT2D eigenvalue weighted by Gasteiger charge is -2.09. The predicted octanol–water partition coefficient (Wildman–Crippen LogP) is 5.20. The van der Waals surface area contributed by atoms with Gasteiger partial charge in [0.25, 0.3) is 0 Å². The van der Waals surface area contributed by atoms with Crippen molar-refractivity contribution >= 4 is 39.1 Å². The molecule has 3 heterocycles. The number of aryl methyl sites for hydroxylation is 2. The van der Waals surface area contributed by atoms with E-state index in [1.54, 1.807) is 23.9 Å². The molecule has 4 aromatic rings. The first-order chi connectivity index (χ1) is 14.6. The molecule has 0 fully saturated rings. The molecule has 1 amide bonds. The number of anilines is 2. The lowest BCUT2D eigenvalue weighted by Crippen LogP contribution is -2.14. The van der Waals surface area contributed by atoms with Crippen molar-refractivity contribution in [3.63, 3.8) is 0 Å². The van der Waals surface area contributed by atoms with E-state index in [-0.39, 0.29) is 5.91 Å². The van der Waals surface area contributed by atoms with Crippen LogP contribution in [0.1, 0.15) is 23.3 Å². The molecule has 152 valence electrons. The molecule has 0 aliphatic carbocycles. The Labute approximate surface area is 179 Å². The van der Waals surface area contributed by atoms with Crippen LogP contribution in [0.2, 0.25) is 0 Å². The van der Waals surface area contributed by atoms with Crippen LogP contribution in [0.3, 0.4) is 0 Å². The molecule has 4 rings (SSSR count). The number of nitrogens with one attached hydrogen (secondary N) is 2. The third-order valence-electron chi connectivity index (χ3n) is 4.78. The van der Waals surface area contributed by atoms with Crippen LogP contribution in [-0.2, 0) is 4.79 Å². The highest BCUT2D eigenvalue weighted by Gasteiger charge is 2.16. The van der Waals surface area contributed by atoms with Gasteiger partial charge in [0.15, 0.2) is 0 Å². The topological polar surface area (TPSA) is 79.8 Å². The average molecular weight is 418 g/mol. The Bertz CT molecular complexity index is 1170. The van der Waals surface area contributed by atoms with Gasteiger partial charge in [-0.15, -0.1) is 11.3 Å². The Morgan fingerprint density at radius 3 is 2.70 bits per heavy atom. The SMILES string of the molecule is Cc1ccnc(NC(=O)CCCNc2ncnc3sc(C)c(-c4ccccc4)c23)c1. The first-order valence-corrected chi connectivity index (χ1v) is 10.7. The van der Waals surface area contributed by atoms with Crippen LogP contribution in [0.4, 0.5) is 11.6 Å². The third kappa shape index (κ3) is 4.46. The van der Waals surface area contributed by atoms with Gasteiger partial charge in [0, 0.05) is 29.6 Å². The maximum atomic E-state index is 12.2. The van der Waals surface area contributed by atoms with Crippen molar-refractivity contribution < 1.29 is 4.79 Å². The molecule has 1 aromatic carbocycles. The van der Waals surface area contributed by atoms with Crippen LogP contribution in [-0.4, -0.2) is 27.4 Å². The van der Waals surface area contributed by atoms with Crippen LogP contribution < -0.4 is 10.6 Å². The Balaban J connectivity index is 1.43. The predicted molar refractivity (Wildman–Crippen MR) is 123 cm³/mol. The van der Waals surface area contributed by atoms with E-state index < -0.39 is 0 Å². The molecule has 7 heteroatoms. The van der Waals surface area contributed by atoms with E-state index in [1.165, 1.54) is 10.4 Å². The molecule has 2 N–H and O–H groups in total. The third-order valence-corrected chi connectivity index (χ3v) is 5.80. The normalized spacial score (nSPS) is 10.9. The minimum atomic E-state index is -0.0425. The Hall–Kier alpha value is -3.32. The van der Waals surface area contributed by atoms with E-state index in [0.29, 0.717) is 25.2 Å². The first kappa shape index (κ1) is 20.0. The van der Waals surface area contributed by atoms with Crippen molar-refractivity contribution in [1.82, 2.24) is 15.0 Å². The summed E-state index contributed by atoms with van der Waals surface area (Å²) < 4.78 is 0. The number of nitrogens with zero attached hydrogens (tertiary/aromatic N) is 3. The second-order valence-electron chi connectivity index (χ2n) is 7.10. The zero-order chi connectivity index (χ0) is 20.9. The summed E-state index contributed by atoms with van der Waals surface area (Å²) in [5.74, 6) is 1.36. The lowest BCUT2D eigenvalue weighted by molar-refractivity contribution is -0.116. The molecule has 0 spiro atoms. The van der Waals surface area contributed by atoms with E-state index in [9.17, 15) is 4.79 Å². The molecule has 0 aliphatic rings. The summed E-state index contributed by atoms with van der Waals surface area (Å²) in [6.07, 6.45) is 4.38. The smallest absolute Gasteiger partial charge is 0.225 e. The quantitative estimate of drug-likeness (QED) is 0.404. The average Bonchev–Trinajstić information content (AvgIpc) is 3.08. The number of fused-ring (bicyclic) bond motifs is 1. The molecule has 0 bridgehead atoms. The zero-order valence-electron chi connectivity index (χ0n) is 17.0. The van der Waals surface area contributed by atoms with Crippen molar-refractivity contribution in [2.45, 2.75) is 26.7 Å². The monoisotopic (exact) mass is 417 g/mol. The van der Waals surface area contributed by atoms with E-state index >= 15 is 0 Å². The van der Waals surface area contributed by atoms with Gasteiger partial charge in [-0.3, -0.25) is 4.79 Å². The van der Waals surface area contributed by atoms with Crippen molar-refractivity contribution in [1.29, 1.82) is 0 Å². The highest BCUT2D eigenvalue weighted by atomic mass is 32.1. The first-order valence-electron chi connectivity index (χ1n) is 9.87. The molecule has 0 unspecified atom stereocenters. The molecule has 3 aromatic heterocycles. The number of amides is 1. The van der Waals surface area contributed by atoms with Gasteiger partial charge in [-0.2, -0.15) is 0 Å². The lowest BCUT2D eigenvalue weighted by atomic mass is 10.0. The van der Waals surface area contributed by atoms with E-state index in [4.69, 9.17) is 0 Å². The molecule has 6 nitrogen and oxygen atoms in total. The highest BCUT2D eigenvalue weighted by molar-refractivity contribution is 7.19. The molecule has 0 saturated heterocycles. The van der Waals surface area contributed by atoms with Gasteiger partial charge in [-0.1, -0.05) is 30.3 Å². The van der Waals surface area contributed by atoms with Crippen LogP contribution in [0.15, 0.2) is 55.0 Å². The van der Waals surface area contributed by atoms with Crippen LogP contribution in [0.5, 0.6) is 0 Å². The van der Waals surface area contributed by atoms with Gasteiger partial charge in [0.2, 0.25) is 5.91 Å². The van der Waals surface area contributed by atoms with Gasteiger partial charge in [-0.05, 0) is 43.5 Å². The standard InChI is InChI=1S/C23H23N5OS/c1-15-10-12-24-18(13-15)28-19(29)9-6-11-25-22-21-20(17-7-4-3-5-8-17)16(2)30-23(21)27-14-26-22/h3-5,7-8,10,12-14H,6,9,11H2,1-2H3,(H,24,28,29)(H,25,26,27). The zero-order valence-corrected chi connectivity index (χ0v) is 17.8. The van der Waals surface area contributed by atoms with Crippen LogP contribution >= 0.6 is 11.3 Å². The summed E-state index contributed by atoms with van der Waals surface area (Å²) in [7, 11) is 0. The van der Waals surface area contributed by atoms with Gasteiger partial charge >= 0.3 is 0 Å². The minimum Gasteiger partial charge on any atom is -0.369 e. The Kier molecular flexibility index (Phi) is 5.99. The van der Waals surface area contributed by atoms with Gasteiger partial charge < -0.3 is 10.6 Å². The molecule has 0 atom stereocenters. The summed E-state index contributed by atoms with van der Waals surface area (Å²) in [6, 6.07) is 14.1. The number of benzene rings is 1. The number of thiophene rings is 1. The molecular formula is C23H23N5OS. The van der Waals surface area contributed by atoms with Crippen molar-refractivity contribution in [3.8, 4) is 11.1 Å². The molecule has 0 saturated carbocycles. The van der Waals surface area contributed by atoms with Crippen molar-refractivity contribution in [3.05, 3.63) is 65.4 Å². The highest BCUT2D eigenvalue weighted by Crippen LogP contribution is 2.40. The largest absolute Gasteiger partial charge is 0.369 e. The minimum absolute atomic E-state index is 0.0425. The van der Waals surface area contributed by atoms with E-state index in [0.717, 1.165) is 27.2 Å². The van der Waals surface area contributed by atoms with E-state index in [1.807, 2.05) is 37.3 Å². The molecule has 0 radical (unpaired) electrons. The molecular weight excluding hydrogens is 394 g/mol. The van der Waals surface area contributed by atoms with Crippen molar-refractivity contribution in [2.24, 2.45) is 0 Å². The number of hydrogen-bond acceptors (Lipinski definition) is 6. The fourth-order valence-corrected chi connectivity index (χ4v) is 4.41. The second-order valence-corrected chi connectivity index (χ2v) is 8.30.